The number of carbonyl (C=O) groups is 4. The Hall–Kier alpha value is -4.61. The van der Waals surface area contributed by atoms with Crippen LogP contribution in [0.5, 0.6) is 0 Å². The molecule has 0 spiro atoms. The molecular formula is C26H27N7O4. The monoisotopic (exact) mass is 501 g/mol. The summed E-state index contributed by atoms with van der Waals surface area (Å²) in [5, 5.41) is 14.8. The van der Waals surface area contributed by atoms with Gasteiger partial charge >= 0.3 is 6.03 Å². The first-order valence-corrected chi connectivity index (χ1v) is 11.7. The van der Waals surface area contributed by atoms with Crippen molar-refractivity contribution in [1.82, 2.24) is 31.0 Å². The van der Waals surface area contributed by atoms with Gasteiger partial charge in [-0.2, -0.15) is 5.10 Å². The third-order valence-electron chi connectivity index (χ3n) is 5.57. The zero-order valence-electron chi connectivity index (χ0n) is 20.0. The summed E-state index contributed by atoms with van der Waals surface area (Å²) in [6, 6.07) is 15.7. The molecule has 0 saturated carbocycles. The Kier molecular flexibility index (Phi) is 8.18. The Bertz CT molecular complexity index is 1310. The van der Waals surface area contributed by atoms with E-state index in [1.165, 1.54) is 6.08 Å². The van der Waals surface area contributed by atoms with E-state index in [1.807, 2.05) is 42.5 Å². The van der Waals surface area contributed by atoms with E-state index < -0.39 is 17.8 Å². The minimum atomic E-state index is -0.861. The fraction of sp³-hybridized carbons (Fsp3) is 0.192. The molecule has 1 aliphatic rings. The van der Waals surface area contributed by atoms with Gasteiger partial charge in [0, 0.05) is 49.1 Å². The number of aromatic nitrogens is 2. The lowest BCUT2D eigenvalue weighted by atomic mass is 10.0. The van der Waals surface area contributed by atoms with Crippen LogP contribution in [0.1, 0.15) is 21.5 Å². The molecule has 1 aromatic heterocycles. The molecule has 6 N–H and O–H groups in total. The van der Waals surface area contributed by atoms with Gasteiger partial charge in [0.1, 0.15) is 5.57 Å². The van der Waals surface area contributed by atoms with Crippen molar-refractivity contribution in [3.05, 3.63) is 83.1 Å². The van der Waals surface area contributed by atoms with Gasteiger partial charge in [0.15, 0.2) is 0 Å². The lowest BCUT2D eigenvalue weighted by Gasteiger charge is -2.13. The molecule has 1 fully saturated rings. The number of benzene rings is 2. The van der Waals surface area contributed by atoms with Gasteiger partial charge in [0.2, 0.25) is 0 Å². The van der Waals surface area contributed by atoms with Crippen molar-refractivity contribution < 1.29 is 19.2 Å². The highest BCUT2D eigenvalue weighted by Crippen LogP contribution is 2.24. The highest BCUT2D eigenvalue weighted by atomic mass is 16.2. The molecule has 2 aromatic carbocycles. The Balaban J connectivity index is 1.45. The number of amides is 5. The van der Waals surface area contributed by atoms with Gasteiger partial charge in [-0.1, -0.05) is 42.5 Å². The van der Waals surface area contributed by atoms with Crippen molar-refractivity contribution in [2.24, 2.45) is 5.73 Å². The van der Waals surface area contributed by atoms with Crippen molar-refractivity contribution in [2.75, 3.05) is 19.6 Å². The molecule has 37 heavy (non-hydrogen) atoms. The number of urea groups is 1. The van der Waals surface area contributed by atoms with Crippen LogP contribution in [0.15, 0.2) is 66.4 Å². The minimum absolute atomic E-state index is 0.202. The molecule has 4 rings (SSSR count). The van der Waals surface area contributed by atoms with E-state index in [2.05, 4.69) is 26.4 Å². The molecule has 1 saturated heterocycles. The Morgan fingerprint density at radius 2 is 1.68 bits per heavy atom. The quantitative estimate of drug-likeness (QED) is 0.156. The second-order valence-electron chi connectivity index (χ2n) is 8.28. The van der Waals surface area contributed by atoms with Crippen LogP contribution in [0.3, 0.4) is 0 Å². The summed E-state index contributed by atoms with van der Waals surface area (Å²) < 4.78 is 1.63. The van der Waals surface area contributed by atoms with Crippen LogP contribution in [0.2, 0.25) is 0 Å². The van der Waals surface area contributed by atoms with Gasteiger partial charge in [-0.3, -0.25) is 29.7 Å². The number of nitrogens with zero attached hydrogens (tertiary/aromatic N) is 2. The van der Waals surface area contributed by atoms with Crippen LogP contribution in [0.4, 0.5) is 4.79 Å². The molecule has 11 nitrogen and oxygen atoms in total. The normalized spacial score (nSPS) is 13.2. The third-order valence-corrected chi connectivity index (χ3v) is 5.57. The van der Waals surface area contributed by atoms with Crippen LogP contribution >= 0.6 is 0 Å². The van der Waals surface area contributed by atoms with E-state index in [1.54, 1.807) is 23.0 Å². The molecule has 2 heterocycles. The molecule has 1 aliphatic heterocycles. The van der Waals surface area contributed by atoms with E-state index in [4.69, 9.17) is 5.73 Å². The molecule has 0 unspecified atom stereocenters. The molecule has 0 bridgehead atoms. The van der Waals surface area contributed by atoms with Crippen molar-refractivity contribution >= 4 is 29.8 Å². The summed E-state index contributed by atoms with van der Waals surface area (Å²) in [4.78, 5) is 48.3. The molecule has 190 valence electrons. The van der Waals surface area contributed by atoms with Crippen molar-refractivity contribution in [3.8, 4) is 11.3 Å². The molecule has 0 atom stereocenters. The van der Waals surface area contributed by atoms with Crippen LogP contribution in [0.25, 0.3) is 17.3 Å². The van der Waals surface area contributed by atoms with Crippen molar-refractivity contribution in [2.45, 2.75) is 13.1 Å². The molecule has 0 aliphatic carbocycles. The Labute approximate surface area is 213 Å². The van der Waals surface area contributed by atoms with E-state index in [0.717, 1.165) is 17.7 Å². The zero-order chi connectivity index (χ0) is 26.2. The maximum atomic E-state index is 12.6. The standard InChI is InChI=1S/C26H27N7O4/c27-10-11-28-15-17-6-8-19(9-7-17)23(34)29-12-13-33-16-20(22(32-33)18-4-2-1-3-5-18)14-21-24(35)30-26(37)31-25(21)36/h1-9,14,16,28H,10-13,15,27H2,(H,29,34)(H2,30,31,35,36,37). The zero-order valence-corrected chi connectivity index (χ0v) is 20.0. The van der Waals surface area contributed by atoms with Crippen molar-refractivity contribution in [1.29, 1.82) is 0 Å². The molecule has 3 aromatic rings. The van der Waals surface area contributed by atoms with Gasteiger partial charge in [0.05, 0.1) is 12.2 Å². The molecule has 0 radical (unpaired) electrons. The topological polar surface area (TPSA) is 160 Å². The molecule has 11 heteroatoms. The number of barbiturate groups is 1. The predicted molar refractivity (Wildman–Crippen MR) is 137 cm³/mol. The number of imide groups is 2. The lowest BCUT2D eigenvalue weighted by Crippen LogP contribution is -2.51. The number of nitrogens with two attached hydrogens (primary N) is 1. The van der Waals surface area contributed by atoms with Gasteiger partial charge in [-0.25, -0.2) is 4.79 Å². The number of hydrogen-bond acceptors (Lipinski definition) is 7. The predicted octanol–water partition coefficient (Wildman–Crippen LogP) is 0.778. The maximum Gasteiger partial charge on any atom is 0.328 e. The first-order chi connectivity index (χ1) is 17.9. The van der Waals surface area contributed by atoms with Crippen LogP contribution < -0.4 is 27.0 Å². The van der Waals surface area contributed by atoms with Crippen LogP contribution in [-0.2, 0) is 22.7 Å². The number of rotatable bonds is 10. The maximum absolute atomic E-state index is 12.6. The van der Waals surface area contributed by atoms with E-state index in [9.17, 15) is 19.2 Å². The van der Waals surface area contributed by atoms with Crippen molar-refractivity contribution in [3.63, 3.8) is 0 Å². The largest absolute Gasteiger partial charge is 0.350 e. The number of carbonyl (C=O) groups excluding carboxylic acids is 4. The summed E-state index contributed by atoms with van der Waals surface area (Å²) in [6.07, 6.45) is 3.08. The SMILES string of the molecule is NCCNCc1ccc(C(=O)NCCn2cc(C=C3C(=O)NC(=O)NC3=O)c(-c3ccccc3)n2)cc1. The fourth-order valence-corrected chi connectivity index (χ4v) is 3.73. The smallest absolute Gasteiger partial charge is 0.328 e. The van der Waals surface area contributed by atoms with Crippen LogP contribution in [0, 0.1) is 0 Å². The van der Waals surface area contributed by atoms with Gasteiger partial charge in [-0.05, 0) is 23.8 Å². The molecule has 5 amide bonds. The highest BCUT2D eigenvalue weighted by molar-refractivity contribution is 6.31. The summed E-state index contributed by atoms with van der Waals surface area (Å²) in [6.45, 7) is 2.63. The summed E-state index contributed by atoms with van der Waals surface area (Å²) >= 11 is 0. The molecular weight excluding hydrogens is 474 g/mol. The highest BCUT2D eigenvalue weighted by Gasteiger charge is 2.28. The minimum Gasteiger partial charge on any atom is -0.350 e. The Morgan fingerprint density at radius 3 is 2.35 bits per heavy atom. The average molecular weight is 502 g/mol. The second kappa shape index (κ2) is 11.9. The summed E-state index contributed by atoms with van der Waals surface area (Å²) in [7, 11) is 0. The van der Waals surface area contributed by atoms with Gasteiger partial charge in [0.25, 0.3) is 17.7 Å². The van der Waals surface area contributed by atoms with E-state index >= 15 is 0 Å². The van der Waals surface area contributed by atoms with Gasteiger partial charge < -0.3 is 16.4 Å². The first kappa shape index (κ1) is 25.5. The number of hydrogen-bond donors (Lipinski definition) is 5. The average Bonchev–Trinajstić information content (AvgIpc) is 3.30. The second-order valence-corrected chi connectivity index (χ2v) is 8.28. The lowest BCUT2D eigenvalue weighted by molar-refractivity contribution is -0.123. The van der Waals surface area contributed by atoms with Crippen LogP contribution in [-0.4, -0.2) is 53.2 Å². The Morgan fingerprint density at radius 1 is 0.973 bits per heavy atom. The number of nitrogens with one attached hydrogen (secondary N) is 4. The van der Waals surface area contributed by atoms with E-state index in [-0.39, 0.29) is 11.5 Å². The summed E-state index contributed by atoms with van der Waals surface area (Å²) in [5.41, 5.74) is 8.73. The first-order valence-electron chi connectivity index (χ1n) is 11.7. The fourth-order valence-electron chi connectivity index (χ4n) is 3.73. The summed E-state index contributed by atoms with van der Waals surface area (Å²) in [5.74, 6) is -1.78. The van der Waals surface area contributed by atoms with E-state index in [0.29, 0.717) is 43.0 Å². The van der Waals surface area contributed by atoms with Gasteiger partial charge in [-0.15, -0.1) is 0 Å². The third kappa shape index (κ3) is 6.54.